The smallest absolute Gasteiger partial charge is 0.327 e. The average Bonchev–Trinajstić information content (AvgIpc) is 2.45. The first-order chi connectivity index (χ1) is 10.2. The van der Waals surface area contributed by atoms with Gasteiger partial charge in [-0.3, -0.25) is 4.79 Å². The molecule has 0 aromatic carbocycles. The van der Waals surface area contributed by atoms with Gasteiger partial charge in [-0.2, -0.15) is 0 Å². The molecule has 3 nitrogen and oxygen atoms in total. The van der Waals surface area contributed by atoms with E-state index < -0.39 is 5.97 Å². The summed E-state index contributed by atoms with van der Waals surface area (Å²) in [7, 11) is 0. The summed E-state index contributed by atoms with van der Waals surface area (Å²) in [5, 5.41) is 8.42. The monoisotopic (exact) mass is 294 g/mol. The molecule has 0 fully saturated rings. The van der Waals surface area contributed by atoms with Crippen molar-refractivity contribution < 1.29 is 14.7 Å². The fourth-order valence-corrected chi connectivity index (χ4v) is 2.09. The second-order valence-corrected chi connectivity index (χ2v) is 5.41. The van der Waals surface area contributed by atoms with Gasteiger partial charge in [-0.25, -0.2) is 4.79 Å². The maximum atomic E-state index is 11.6. The molecule has 0 aromatic rings. The summed E-state index contributed by atoms with van der Waals surface area (Å²) in [4.78, 5) is 21.8. The van der Waals surface area contributed by atoms with Gasteiger partial charge in [0.25, 0.3) is 0 Å². The van der Waals surface area contributed by atoms with Crippen LogP contribution in [-0.2, 0) is 9.59 Å². The largest absolute Gasteiger partial charge is 0.478 e. The van der Waals surface area contributed by atoms with Crippen molar-refractivity contribution in [1.82, 2.24) is 0 Å². The van der Waals surface area contributed by atoms with Gasteiger partial charge in [0.15, 0.2) is 5.78 Å². The van der Waals surface area contributed by atoms with Crippen molar-refractivity contribution in [3.63, 3.8) is 0 Å². The summed E-state index contributed by atoms with van der Waals surface area (Å²) in [6.07, 6.45) is 18.1. The Bertz CT molecular complexity index is 329. The van der Waals surface area contributed by atoms with Crippen LogP contribution < -0.4 is 0 Å². The van der Waals surface area contributed by atoms with Crippen LogP contribution in [-0.4, -0.2) is 16.9 Å². The number of carboxylic acid groups (broad SMARTS) is 1. The number of allylic oxidation sites excluding steroid dienone is 3. The third-order valence-corrected chi connectivity index (χ3v) is 3.33. The second kappa shape index (κ2) is 15.0. The molecule has 0 bridgehead atoms. The van der Waals surface area contributed by atoms with E-state index >= 15 is 0 Å². The van der Waals surface area contributed by atoms with Crippen LogP contribution in [0.15, 0.2) is 24.3 Å². The van der Waals surface area contributed by atoms with Crippen LogP contribution in [0, 0.1) is 0 Å². The predicted octanol–water partition coefficient (Wildman–Crippen LogP) is 5.06. The van der Waals surface area contributed by atoms with Crippen molar-refractivity contribution >= 4 is 11.8 Å². The zero-order chi connectivity index (χ0) is 15.8. The quantitative estimate of drug-likeness (QED) is 0.360. The second-order valence-electron chi connectivity index (χ2n) is 5.41. The minimum absolute atomic E-state index is 0.233. The molecule has 0 atom stereocenters. The highest BCUT2D eigenvalue weighted by Crippen LogP contribution is 2.07. The van der Waals surface area contributed by atoms with E-state index in [9.17, 15) is 9.59 Å². The molecule has 120 valence electrons. The van der Waals surface area contributed by atoms with Gasteiger partial charge in [0, 0.05) is 12.5 Å². The molecule has 0 unspecified atom stereocenters. The van der Waals surface area contributed by atoms with Crippen molar-refractivity contribution in [2.75, 3.05) is 0 Å². The molecule has 0 amide bonds. The first-order valence-corrected chi connectivity index (χ1v) is 8.25. The molecule has 0 saturated heterocycles. The van der Waals surface area contributed by atoms with Gasteiger partial charge in [-0.1, -0.05) is 51.2 Å². The van der Waals surface area contributed by atoms with Crippen LogP contribution >= 0.6 is 0 Å². The maximum absolute atomic E-state index is 11.6. The third kappa shape index (κ3) is 16.6. The lowest BCUT2D eigenvalue weighted by atomic mass is 10.1. The number of carbonyl (C=O) groups is 2. The highest BCUT2D eigenvalue weighted by molar-refractivity contribution is 5.89. The molecular formula is C18H30O3. The molecule has 0 aliphatic rings. The van der Waals surface area contributed by atoms with E-state index in [1.54, 1.807) is 12.2 Å². The summed E-state index contributed by atoms with van der Waals surface area (Å²) >= 11 is 0. The normalized spacial score (nSPS) is 11.5. The van der Waals surface area contributed by atoms with Gasteiger partial charge in [0.2, 0.25) is 0 Å². The van der Waals surface area contributed by atoms with Crippen molar-refractivity contribution in [3.8, 4) is 0 Å². The Morgan fingerprint density at radius 2 is 1.38 bits per heavy atom. The van der Waals surface area contributed by atoms with E-state index in [1.807, 2.05) is 6.08 Å². The number of ketones is 1. The van der Waals surface area contributed by atoms with Gasteiger partial charge in [-0.05, 0) is 38.2 Å². The van der Waals surface area contributed by atoms with Crippen molar-refractivity contribution in [3.05, 3.63) is 24.3 Å². The Kier molecular flexibility index (Phi) is 14.0. The number of aliphatic carboxylic acids is 1. The average molecular weight is 294 g/mol. The molecule has 0 aromatic heterocycles. The fourth-order valence-electron chi connectivity index (χ4n) is 2.09. The van der Waals surface area contributed by atoms with E-state index in [0.717, 1.165) is 38.5 Å². The number of rotatable bonds is 14. The molecule has 1 N–H and O–H groups in total. The molecule has 3 heteroatoms. The molecule has 0 heterocycles. The van der Waals surface area contributed by atoms with Gasteiger partial charge in [-0.15, -0.1) is 0 Å². The van der Waals surface area contributed by atoms with E-state index in [-0.39, 0.29) is 5.78 Å². The molecular weight excluding hydrogens is 264 g/mol. The standard InChI is InChI=1S/C18H30O3/c1-2-3-4-5-8-11-14-17(19)15-12-9-6-7-10-13-16-18(20)21/h11,13-14,16H,2-10,12,15H2,1H3,(H,20,21)/b14-11?,16-13+. The first kappa shape index (κ1) is 19.6. The minimum Gasteiger partial charge on any atom is -0.478 e. The summed E-state index contributed by atoms with van der Waals surface area (Å²) in [5.74, 6) is -0.654. The van der Waals surface area contributed by atoms with Crippen LogP contribution in [0.5, 0.6) is 0 Å². The van der Waals surface area contributed by atoms with Gasteiger partial charge in [0.05, 0.1) is 0 Å². The van der Waals surface area contributed by atoms with Crippen molar-refractivity contribution in [2.45, 2.75) is 77.6 Å². The van der Waals surface area contributed by atoms with E-state index in [2.05, 4.69) is 6.92 Å². The Morgan fingerprint density at radius 3 is 2.00 bits per heavy atom. The van der Waals surface area contributed by atoms with Gasteiger partial charge >= 0.3 is 5.97 Å². The molecule has 0 aliphatic carbocycles. The lowest BCUT2D eigenvalue weighted by molar-refractivity contribution is -0.131. The van der Waals surface area contributed by atoms with Crippen LogP contribution in [0.2, 0.25) is 0 Å². The predicted molar refractivity (Wildman–Crippen MR) is 87.4 cm³/mol. The highest BCUT2D eigenvalue weighted by Gasteiger charge is 1.96. The van der Waals surface area contributed by atoms with Crippen LogP contribution in [0.3, 0.4) is 0 Å². The fraction of sp³-hybridized carbons (Fsp3) is 0.667. The summed E-state index contributed by atoms with van der Waals surface area (Å²) < 4.78 is 0. The van der Waals surface area contributed by atoms with Crippen molar-refractivity contribution in [1.29, 1.82) is 0 Å². The van der Waals surface area contributed by atoms with Gasteiger partial charge in [0.1, 0.15) is 0 Å². The summed E-state index contributed by atoms with van der Waals surface area (Å²) in [6.45, 7) is 2.20. The van der Waals surface area contributed by atoms with Gasteiger partial charge < -0.3 is 5.11 Å². The van der Waals surface area contributed by atoms with E-state index in [0.29, 0.717) is 6.42 Å². The van der Waals surface area contributed by atoms with Crippen LogP contribution in [0.1, 0.15) is 77.6 Å². The lowest BCUT2D eigenvalue weighted by Gasteiger charge is -1.98. The highest BCUT2D eigenvalue weighted by atomic mass is 16.4. The zero-order valence-corrected chi connectivity index (χ0v) is 13.4. The molecule has 0 saturated carbocycles. The number of carbonyl (C=O) groups excluding carboxylic acids is 1. The van der Waals surface area contributed by atoms with Crippen LogP contribution in [0.25, 0.3) is 0 Å². The molecule has 0 radical (unpaired) electrons. The van der Waals surface area contributed by atoms with E-state index in [4.69, 9.17) is 5.11 Å². The Hall–Kier alpha value is -1.38. The Labute approximate surface area is 129 Å². The number of hydrogen-bond donors (Lipinski definition) is 1. The van der Waals surface area contributed by atoms with Crippen LogP contribution in [0.4, 0.5) is 0 Å². The SMILES string of the molecule is CCCCCCC=CC(=O)CCCCCC/C=C/C(=O)O. The molecule has 0 spiro atoms. The summed E-state index contributed by atoms with van der Waals surface area (Å²) in [6, 6.07) is 0. The number of unbranched alkanes of at least 4 members (excludes halogenated alkanes) is 8. The number of carboxylic acids is 1. The minimum atomic E-state index is -0.887. The lowest BCUT2D eigenvalue weighted by Crippen LogP contribution is -1.92. The maximum Gasteiger partial charge on any atom is 0.327 e. The molecule has 0 aliphatic heterocycles. The molecule has 0 rings (SSSR count). The number of hydrogen-bond acceptors (Lipinski definition) is 2. The summed E-state index contributed by atoms with van der Waals surface area (Å²) in [5.41, 5.74) is 0. The van der Waals surface area contributed by atoms with Crippen molar-refractivity contribution in [2.24, 2.45) is 0 Å². The topological polar surface area (TPSA) is 54.4 Å². The zero-order valence-electron chi connectivity index (χ0n) is 13.4. The van der Waals surface area contributed by atoms with E-state index in [1.165, 1.54) is 31.8 Å². The molecule has 21 heavy (non-hydrogen) atoms. The third-order valence-electron chi connectivity index (χ3n) is 3.33. The Morgan fingerprint density at radius 1 is 0.810 bits per heavy atom. The first-order valence-electron chi connectivity index (χ1n) is 8.25. The Balaban J connectivity index is 3.37.